The lowest BCUT2D eigenvalue weighted by Gasteiger charge is -2.08. The number of carbonyl (C=O) groups excluding carboxylic acids is 1. The number of hydrogen-bond acceptors (Lipinski definition) is 4. The molecule has 6 aromatic rings. The van der Waals surface area contributed by atoms with Crippen LogP contribution in [0.2, 0.25) is 5.02 Å². The third-order valence-corrected chi connectivity index (χ3v) is 7.55. The van der Waals surface area contributed by atoms with Crippen molar-refractivity contribution in [2.24, 2.45) is 0 Å². The van der Waals surface area contributed by atoms with E-state index in [4.69, 9.17) is 11.6 Å². The zero-order valence-electron chi connectivity index (χ0n) is 22.7. The van der Waals surface area contributed by atoms with E-state index in [1.807, 2.05) is 60.1 Å². The number of nitrogens with one attached hydrogen (secondary N) is 3. The maximum absolute atomic E-state index is 12.9. The quantitative estimate of drug-likeness (QED) is 0.161. The largest absolute Gasteiger partial charge is 0.493 e. The van der Waals surface area contributed by atoms with Crippen LogP contribution in [0.4, 0.5) is 0 Å². The molecule has 0 radical (unpaired) electrons. The summed E-state index contributed by atoms with van der Waals surface area (Å²) in [5.74, 6) is 5.96. The standard InChI is InChI=1S/C32H27ClN6O3/c1-20-9-10-22(16-21(20)11-12-24-19-35-28-8-2-3-14-38(24)28)30(40)34-13-5-15-39-31(41)27(37-32(39)42)17-23-18-36-29-25(23)6-4-7-26(29)33/h2-4,6-10,14,16,18-19,36,41H,5,13,15,17H2,1H3,(H,34,40)(H,37,42). The molecule has 6 rings (SSSR count). The SMILES string of the molecule is Cc1ccc(C(=O)NCCCn2c(O)c(Cc3c[nH]c4c(Cl)cccc34)[nH]c2=O)cc1C#Cc1cnc2ccccn12. The van der Waals surface area contributed by atoms with Crippen molar-refractivity contribution in [1.82, 2.24) is 29.2 Å². The highest BCUT2D eigenvalue weighted by Gasteiger charge is 2.16. The summed E-state index contributed by atoms with van der Waals surface area (Å²) in [5.41, 5.74) is 5.52. The van der Waals surface area contributed by atoms with Gasteiger partial charge in [-0.2, -0.15) is 0 Å². The highest BCUT2D eigenvalue weighted by atomic mass is 35.5. The van der Waals surface area contributed by atoms with E-state index < -0.39 is 5.69 Å². The van der Waals surface area contributed by atoms with E-state index in [9.17, 15) is 14.7 Å². The first-order valence-electron chi connectivity index (χ1n) is 13.5. The number of H-pyrrole nitrogens is 2. The predicted molar refractivity (Wildman–Crippen MR) is 162 cm³/mol. The molecule has 10 heteroatoms. The Labute approximate surface area is 245 Å². The minimum atomic E-state index is -0.403. The van der Waals surface area contributed by atoms with Crippen LogP contribution in [-0.2, 0) is 13.0 Å². The van der Waals surface area contributed by atoms with Gasteiger partial charge in [0.05, 0.1) is 22.4 Å². The fraction of sp³-hybridized carbons (Fsp3) is 0.156. The van der Waals surface area contributed by atoms with Gasteiger partial charge in [0.1, 0.15) is 11.3 Å². The molecule has 2 aromatic carbocycles. The average Bonchev–Trinajstić information content (AvgIpc) is 3.67. The Morgan fingerprint density at radius 1 is 1.14 bits per heavy atom. The normalized spacial score (nSPS) is 11.1. The average molecular weight is 579 g/mol. The number of halogens is 1. The molecule has 0 fully saturated rings. The first-order valence-corrected chi connectivity index (χ1v) is 13.8. The van der Waals surface area contributed by atoms with E-state index in [0.717, 1.165) is 38.9 Å². The Hall–Kier alpha value is -5.20. The number of aromatic hydroxyl groups is 1. The Kier molecular flexibility index (Phi) is 7.30. The number of carbonyl (C=O) groups is 1. The van der Waals surface area contributed by atoms with E-state index in [1.165, 1.54) is 4.57 Å². The summed E-state index contributed by atoms with van der Waals surface area (Å²) in [6, 6.07) is 16.8. The molecule has 1 amide bonds. The molecule has 0 aliphatic carbocycles. The molecule has 9 nitrogen and oxygen atoms in total. The van der Waals surface area contributed by atoms with Crippen molar-refractivity contribution < 1.29 is 9.90 Å². The van der Waals surface area contributed by atoms with Gasteiger partial charge in [0.2, 0.25) is 5.88 Å². The van der Waals surface area contributed by atoms with E-state index in [0.29, 0.717) is 35.7 Å². The van der Waals surface area contributed by atoms with E-state index in [2.05, 4.69) is 32.1 Å². The Morgan fingerprint density at radius 3 is 2.90 bits per heavy atom. The highest BCUT2D eigenvalue weighted by Crippen LogP contribution is 2.28. The monoisotopic (exact) mass is 578 g/mol. The maximum atomic E-state index is 12.9. The summed E-state index contributed by atoms with van der Waals surface area (Å²) >= 11 is 6.25. The third kappa shape index (κ3) is 5.28. The second-order valence-electron chi connectivity index (χ2n) is 10.00. The van der Waals surface area contributed by atoms with Gasteiger partial charge in [0.25, 0.3) is 5.91 Å². The van der Waals surface area contributed by atoms with Crippen molar-refractivity contribution in [1.29, 1.82) is 0 Å². The fourth-order valence-electron chi connectivity index (χ4n) is 4.95. The molecule has 0 unspecified atom stereocenters. The molecule has 0 spiro atoms. The van der Waals surface area contributed by atoms with Crippen LogP contribution in [0.1, 0.15) is 44.9 Å². The van der Waals surface area contributed by atoms with Crippen LogP contribution in [0.15, 0.2) is 78.0 Å². The number of imidazole rings is 2. The summed E-state index contributed by atoms with van der Waals surface area (Å²) < 4.78 is 3.19. The van der Waals surface area contributed by atoms with Gasteiger partial charge < -0.3 is 20.4 Å². The lowest BCUT2D eigenvalue weighted by atomic mass is 10.0. The van der Waals surface area contributed by atoms with Gasteiger partial charge >= 0.3 is 5.69 Å². The molecular weight excluding hydrogens is 552 g/mol. The number of aromatic nitrogens is 5. The molecule has 0 atom stereocenters. The van der Waals surface area contributed by atoms with Crippen molar-refractivity contribution in [2.75, 3.05) is 6.54 Å². The summed E-state index contributed by atoms with van der Waals surface area (Å²) in [4.78, 5) is 35.7. The number of rotatable bonds is 7. The van der Waals surface area contributed by atoms with Crippen LogP contribution in [0, 0.1) is 18.8 Å². The van der Waals surface area contributed by atoms with E-state index >= 15 is 0 Å². The molecule has 210 valence electrons. The minimum Gasteiger partial charge on any atom is -0.493 e. The lowest BCUT2D eigenvalue weighted by molar-refractivity contribution is 0.0952. The number of nitrogens with zero attached hydrogens (tertiary/aromatic N) is 3. The zero-order chi connectivity index (χ0) is 29.2. The van der Waals surface area contributed by atoms with Gasteiger partial charge in [-0.15, -0.1) is 0 Å². The number of pyridine rings is 1. The van der Waals surface area contributed by atoms with Gasteiger partial charge in [-0.25, -0.2) is 9.78 Å². The number of fused-ring (bicyclic) bond motifs is 2. The Bertz CT molecular complexity index is 2070. The fourth-order valence-corrected chi connectivity index (χ4v) is 5.18. The Morgan fingerprint density at radius 2 is 2.02 bits per heavy atom. The van der Waals surface area contributed by atoms with Gasteiger partial charge in [-0.05, 0) is 60.7 Å². The van der Waals surface area contributed by atoms with Crippen molar-refractivity contribution in [3.8, 4) is 17.7 Å². The molecule has 0 saturated carbocycles. The number of aryl methyl sites for hydroxylation is 1. The first-order chi connectivity index (χ1) is 20.4. The summed E-state index contributed by atoms with van der Waals surface area (Å²) in [6.07, 6.45) is 6.24. The molecule has 0 aliphatic heterocycles. The maximum Gasteiger partial charge on any atom is 0.328 e. The van der Waals surface area contributed by atoms with Gasteiger partial charge in [0.15, 0.2) is 0 Å². The van der Waals surface area contributed by atoms with Gasteiger partial charge in [-0.3, -0.25) is 13.8 Å². The number of amides is 1. The first kappa shape index (κ1) is 27.0. The lowest BCUT2D eigenvalue weighted by Crippen LogP contribution is -2.26. The second-order valence-corrected chi connectivity index (χ2v) is 10.4. The second kappa shape index (κ2) is 11.4. The molecular formula is C32H27ClN6O3. The van der Waals surface area contributed by atoms with E-state index in [1.54, 1.807) is 24.4 Å². The zero-order valence-corrected chi connectivity index (χ0v) is 23.5. The summed E-state index contributed by atoms with van der Waals surface area (Å²) in [5, 5.41) is 15.2. The van der Waals surface area contributed by atoms with Crippen LogP contribution >= 0.6 is 11.6 Å². The molecule has 0 aliphatic rings. The number of para-hydroxylation sites is 1. The predicted octanol–water partition coefficient (Wildman–Crippen LogP) is 4.78. The van der Waals surface area contributed by atoms with Crippen LogP contribution in [0.3, 0.4) is 0 Å². The molecule has 4 heterocycles. The van der Waals surface area contributed by atoms with E-state index in [-0.39, 0.29) is 18.3 Å². The smallest absolute Gasteiger partial charge is 0.328 e. The van der Waals surface area contributed by atoms with Crippen molar-refractivity contribution in [3.05, 3.63) is 122 Å². The topological polar surface area (TPSA) is 120 Å². The molecule has 4 aromatic heterocycles. The highest BCUT2D eigenvalue weighted by molar-refractivity contribution is 6.35. The summed E-state index contributed by atoms with van der Waals surface area (Å²) in [6.45, 7) is 2.51. The minimum absolute atomic E-state index is 0.115. The number of benzene rings is 2. The number of hydrogen-bond donors (Lipinski definition) is 4. The van der Waals surface area contributed by atoms with Crippen LogP contribution in [0.25, 0.3) is 16.6 Å². The molecule has 0 saturated heterocycles. The molecule has 42 heavy (non-hydrogen) atoms. The Balaban J connectivity index is 1.08. The molecule has 4 N–H and O–H groups in total. The third-order valence-electron chi connectivity index (χ3n) is 7.23. The van der Waals surface area contributed by atoms with Crippen molar-refractivity contribution in [3.63, 3.8) is 0 Å². The van der Waals surface area contributed by atoms with Crippen LogP contribution < -0.4 is 11.0 Å². The van der Waals surface area contributed by atoms with Crippen molar-refractivity contribution in [2.45, 2.75) is 26.3 Å². The van der Waals surface area contributed by atoms with Gasteiger partial charge in [-0.1, -0.05) is 41.8 Å². The van der Waals surface area contributed by atoms with Crippen LogP contribution in [0.5, 0.6) is 5.88 Å². The van der Waals surface area contributed by atoms with Crippen LogP contribution in [-0.4, -0.2) is 41.5 Å². The van der Waals surface area contributed by atoms with Crippen molar-refractivity contribution >= 4 is 34.1 Å². The number of aromatic amines is 2. The molecule has 0 bridgehead atoms. The summed E-state index contributed by atoms with van der Waals surface area (Å²) in [7, 11) is 0. The van der Waals surface area contributed by atoms with Gasteiger partial charge in [0, 0.05) is 48.4 Å².